The van der Waals surface area contributed by atoms with Gasteiger partial charge in [-0.3, -0.25) is 4.90 Å². The van der Waals surface area contributed by atoms with Crippen LogP contribution in [0.4, 0.5) is 17.3 Å². The van der Waals surface area contributed by atoms with Crippen molar-refractivity contribution in [1.29, 1.82) is 0 Å². The molecule has 2 aliphatic heterocycles. The quantitative estimate of drug-likeness (QED) is 0.293. The van der Waals surface area contributed by atoms with Crippen LogP contribution in [0, 0.1) is 0 Å². The van der Waals surface area contributed by atoms with Gasteiger partial charge >= 0.3 is 0 Å². The number of piperidine rings is 1. The van der Waals surface area contributed by atoms with Crippen molar-refractivity contribution in [3.63, 3.8) is 0 Å². The number of methoxy groups -OCH3 is 1. The summed E-state index contributed by atoms with van der Waals surface area (Å²) >= 11 is 6.57. The van der Waals surface area contributed by atoms with Crippen molar-refractivity contribution in [3.05, 3.63) is 59.9 Å². The maximum Gasteiger partial charge on any atom is 0.238 e. The second-order valence-electron chi connectivity index (χ2n) is 11.2. The second-order valence-corrected chi connectivity index (χ2v) is 13.8. The predicted molar refractivity (Wildman–Crippen MR) is 173 cm³/mol. The fourth-order valence-corrected chi connectivity index (χ4v) is 7.32. The molecule has 2 aromatic heterocycles. The van der Waals surface area contributed by atoms with Crippen LogP contribution in [-0.2, 0) is 10.0 Å². The van der Waals surface area contributed by atoms with Crippen molar-refractivity contribution in [2.24, 2.45) is 0 Å². The van der Waals surface area contributed by atoms with Crippen molar-refractivity contribution in [2.75, 3.05) is 69.4 Å². The number of halogens is 1. The van der Waals surface area contributed by atoms with Crippen LogP contribution in [0.25, 0.3) is 22.2 Å². The molecule has 2 saturated heterocycles. The molecule has 43 heavy (non-hydrogen) atoms. The predicted octanol–water partition coefficient (Wildman–Crippen LogP) is 4.92. The van der Waals surface area contributed by atoms with Crippen molar-refractivity contribution in [2.45, 2.75) is 25.8 Å². The third kappa shape index (κ3) is 6.04. The van der Waals surface area contributed by atoms with E-state index >= 15 is 0 Å². The summed E-state index contributed by atoms with van der Waals surface area (Å²) in [5.74, 6) is 1.10. The lowest BCUT2D eigenvalue weighted by molar-refractivity contribution is 0.0981. The van der Waals surface area contributed by atoms with E-state index in [0.29, 0.717) is 33.8 Å². The van der Waals surface area contributed by atoms with Crippen molar-refractivity contribution in [3.8, 4) is 17.0 Å². The van der Waals surface area contributed by atoms with E-state index < -0.39 is 10.0 Å². The number of hydrogen-bond acceptors (Lipinski definition) is 9. The minimum atomic E-state index is -3.52. The molecular weight excluding hydrogens is 586 g/mol. The van der Waals surface area contributed by atoms with Crippen LogP contribution in [0.15, 0.2) is 54.9 Å². The molecule has 0 saturated carbocycles. The van der Waals surface area contributed by atoms with Crippen LogP contribution in [0.1, 0.15) is 19.8 Å². The highest BCUT2D eigenvalue weighted by molar-refractivity contribution is 7.90. The van der Waals surface area contributed by atoms with E-state index in [0.717, 1.165) is 74.6 Å². The standard InChI is InChI=1S/C31H38ClN7O3S/c1-4-43(40,41)39-21-25(24-7-5-6-8-27(24)39)30-26(32)20-33-31(35-30)34-22-9-10-28(29(19-22)42-3)38-13-11-23(12-14-38)37-17-15-36(2)16-18-37/h5-10,19-21,23H,4,11-18H2,1-3H3,(H,33,34,35). The van der Waals surface area contributed by atoms with E-state index in [1.807, 2.05) is 30.3 Å². The number of benzene rings is 2. The van der Waals surface area contributed by atoms with Gasteiger partial charge in [0.1, 0.15) is 5.75 Å². The van der Waals surface area contributed by atoms with Gasteiger partial charge in [-0.05, 0) is 45.0 Å². The minimum absolute atomic E-state index is 0.0263. The Balaban J connectivity index is 1.21. The SMILES string of the molecule is CCS(=O)(=O)n1cc(-c2nc(Nc3ccc(N4CCC(N5CCN(C)CC5)CC4)c(OC)c3)ncc2Cl)c2ccccc21. The first-order chi connectivity index (χ1) is 20.8. The zero-order chi connectivity index (χ0) is 30.1. The van der Waals surface area contributed by atoms with Gasteiger partial charge in [0, 0.05) is 74.2 Å². The van der Waals surface area contributed by atoms with Crippen LogP contribution in [0.3, 0.4) is 0 Å². The van der Waals surface area contributed by atoms with Gasteiger partial charge in [0.25, 0.3) is 0 Å². The first-order valence-electron chi connectivity index (χ1n) is 14.8. The molecule has 1 N–H and O–H groups in total. The van der Waals surface area contributed by atoms with Crippen molar-refractivity contribution >= 4 is 49.9 Å². The van der Waals surface area contributed by atoms with Gasteiger partial charge < -0.3 is 19.9 Å². The lowest BCUT2D eigenvalue weighted by Crippen LogP contribution is -2.52. The molecule has 0 aliphatic carbocycles. The van der Waals surface area contributed by atoms with Crippen LogP contribution in [-0.4, -0.2) is 97.4 Å². The molecule has 12 heteroatoms. The van der Waals surface area contributed by atoms with Crippen LogP contribution < -0.4 is 15.0 Å². The van der Waals surface area contributed by atoms with Gasteiger partial charge in [-0.15, -0.1) is 0 Å². The van der Waals surface area contributed by atoms with E-state index in [9.17, 15) is 8.42 Å². The van der Waals surface area contributed by atoms with Gasteiger partial charge in [-0.1, -0.05) is 29.8 Å². The lowest BCUT2D eigenvalue weighted by atomic mass is 10.0. The summed E-state index contributed by atoms with van der Waals surface area (Å²) < 4.78 is 32.8. The maximum atomic E-state index is 12.8. The average molecular weight is 624 g/mol. The highest BCUT2D eigenvalue weighted by Crippen LogP contribution is 2.37. The number of rotatable bonds is 8. The van der Waals surface area contributed by atoms with E-state index in [1.165, 1.54) is 10.2 Å². The average Bonchev–Trinajstić information content (AvgIpc) is 3.43. The number of nitrogens with zero attached hydrogens (tertiary/aromatic N) is 6. The molecule has 2 aliphatic rings. The topological polar surface area (TPSA) is 95.8 Å². The molecule has 2 aromatic carbocycles. The fraction of sp³-hybridized carbons (Fsp3) is 0.419. The lowest BCUT2D eigenvalue weighted by Gasteiger charge is -2.42. The zero-order valence-electron chi connectivity index (χ0n) is 24.8. The Morgan fingerprint density at radius 1 is 1.05 bits per heavy atom. The molecule has 0 bridgehead atoms. The molecule has 4 heterocycles. The maximum absolute atomic E-state index is 12.8. The summed E-state index contributed by atoms with van der Waals surface area (Å²) in [5.41, 5.74) is 3.50. The highest BCUT2D eigenvalue weighted by Gasteiger charge is 2.28. The Kier molecular flexibility index (Phi) is 8.50. The summed E-state index contributed by atoms with van der Waals surface area (Å²) in [6.45, 7) is 8.20. The van der Waals surface area contributed by atoms with Crippen molar-refractivity contribution < 1.29 is 13.2 Å². The highest BCUT2D eigenvalue weighted by atomic mass is 35.5. The number of hydrogen-bond donors (Lipinski definition) is 1. The molecule has 0 unspecified atom stereocenters. The fourth-order valence-electron chi connectivity index (χ4n) is 6.13. The monoisotopic (exact) mass is 623 g/mol. The molecule has 0 radical (unpaired) electrons. The normalized spacial score (nSPS) is 17.4. The third-order valence-electron chi connectivity index (χ3n) is 8.64. The van der Waals surface area contributed by atoms with Crippen LogP contribution >= 0.6 is 11.6 Å². The van der Waals surface area contributed by atoms with Gasteiger partial charge in [0.05, 0.1) is 41.0 Å². The smallest absolute Gasteiger partial charge is 0.238 e. The molecule has 228 valence electrons. The molecule has 10 nitrogen and oxygen atoms in total. The third-order valence-corrected chi connectivity index (χ3v) is 10.5. The number of likely N-dealkylation sites (N-methyl/N-ethyl adjacent to an activating group) is 1. The minimum Gasteiger partial charge on any atom is -0.495 e. The number of aromatic nitrogens is 3. The number of ether oxygens (including phenoxy) is 1. The number of anilines is 3. The summed E-state index contributed by atoms with van der Waals surface area (Å²) in [4.78, 5) is 16.6. The number of para-hydroxylation sites is 1. The Morgan fingerprint density at radius 3 is 2.51 bits per heavy atom. The summed E-state index contributed by atoms with van der Waals surface area (Å²) in [6, 6.07) is 14.0. The van der Waals surface area contributed by atoms with Crippen molar-refractivity contribution in [1.82, 2.24) is 23.7 Å². The van der Waals surface area contributed by atoms with E-state index in [1.54, 1.807) is 26.3 Å². The molecule has 4 aromatic rings. The zero-order valence-corrected chi connectivity index (χ0v) is 26.4. The Bertz CT molecular complexity index is 1710. The molecule has 0 atom stereocenters. The van der Waals surface area contributed by atoms with E-state index in [2.05, 4.69) is 38.1 Å². The van der Waals surface area contributed by atoms with Gasteiger partial charge in [-0.2, -0.15) is 0 Å². The van der Waals surface area contributed by atoms with Gasteiger partial charge in [0.2, 0.25) is 16.0 Å². The first kappa shape index (κ1) is 29.7. The second kappa shape index (κ2) is 12.3. The molecule has 0 spiro atoms. The van der Waals surface area contributed by atoms with Gasteiger partial charge in [0.15, 0.2) is 0 Å². The number of piperazine rings is 1. The summed E-state index contributed by atoms with van der Waals surface area (Å²) in [6.07, 6.45) is 5.41. The largest absolute Gasteiger partial charge is 0.495 e. The van der Waals surface area contributed by atoms with Crippen LogP contribution in [0.2, 0.25) is 5.02 Å². The van der Waals surface area contributed by atoms with Crippen LogP contribution in [0.5, 0.6) is 5.75 Å². The number of nitrogens with one attached hydrogen (secondary N) is 1. The Labute approximate surface area is 258 Å². The number of fused-ring (bicyclic) bond motifs is 1. The summed E-state index contributed by atoms with van der Waals surface area (Å²) in [5, 5.41) is 4.35. The molecule has 2 fully saturated rings. The van der Waals surface area contributed by atoms with E-state index in [-0.39, 0.29) is 5.75 Å². The first-order valence-corrected chi connectivity index (χ1v) is 16.7. The molecule has 6 rings (SSSR count). The Morgan fingerprint density at radius 2 is 1.79 bits per heavy atom. The van der Waals surface area contributed by atoms with E-state index in [4.69, 9.17) is 21.3 Å². The molecule has 0 amide bonds. The van der Waals surface area contributed by atoms with Gasteiger partial charge in [-0.25, -0.2) is 22.4 Å². The summed E-state index contributed by atoms with van der Waals surface area (Å²) in [7, 11) is 0.367. The molecular formula is C31H38ClN7O3S. The Hall–Kier alpha value is -3.38.